The molecule has 0 radical (unpaired) electrons. The van der Waals surface area contributed by atoms with Crippen molar-refractivity contribution < 1.29 is 4.79 Å². The number of hydrogen-bond acceptors (Lipinski definition) is 1. The molecule has 0 saturated carbocycles. The lowest BCUT2D eigenvalue weighted by atomic mass is 9.94. The quantitative estimate of drug-likeness (QED) is 0.586. The van der Waals surface area contributed by atoms with E-state index < -0.39 is 0 Å². The Hall–Kier alpha value is -2.41. The zero-order valence-corrected chi connectivity index (χ0v) is 11.3. The van der Waals surface area contributed by atoms with Crippen LogP contribution < -0.4 is 0 Å². The fourth-order valence-corrected chi connectivity index (χ4v) is 3.27. The molecule has 0 spiro atoms. The minimum absolute atomic E-state index is 0.156. The first kappa shape index (κ1) is 11.4. The number of carbonyl (C=O) groups is 1. The highest BCUT2D eigenvalue weighted by Crippen LogP contribution is 2.36. The van der Waals surface area contributed by atoms with Crippen LogP contribution in [0.3, 0.4) is 0 Å². The number of rotatable bonds is 1. The Kier molecular flexibility index (Phi) is 2.31. The van der Waals surface area contributed by atoms with Crippen LogP contribution in [-0.4, -0.2) is 5.78 Å². The molecule has 0 heterocycles. The van der Waals surface area contributed by atoms with E-state index in [1.807, 2.05) is 0 Å². The maximum Gasteiger partial charge on any atom is 0.160 e. The fourth-order valence-electron chi connectivity index (χ4n) is 3.27. The van der Waals surface area contributed by atoms with Gasteiger partial charge >= 0.3 is 0 Å². The summed E-state index contributed by atoms with van der Waals surface area (Å²) in [4.78, 5) is 11.7. The molecular weight excluding hydrogens is 244 g/mol. The Labute approximate surface area is 117 Å². The predicted molar refractivity (Wildman–Crippen MR) is 83.8 cm³/mol. The molecule has 1 heteroatoms. The zero-order chi connectivity index (χ0) is 13.7. The molecule has 0 N–H and O–H groups in total. The van der Waals surface area contributed by atoms with Gasteiger partial charge in [-0.15, -0.1) is 0 Å². The number of fused-ring (bicyclic) bond motifs is 5. The second-order valence-electron chi connectivity index (χ2n) is 5.35. The van der Waals surface area contributed by atoms with E-state index in [1.165, 1.54) is 27.1 Å². The molecule has 0 saturated heterocycles. The summed E-state index contributed by atoms with van der Waals surface area (Å²) in [5.41, 5.74) is 3.27. The van der Waals surface area contributed by atoms with Crippen molar-refractivity contribution in [2.75, 3.05) is 0 Å². The van der Waals surface area contributed by atoms with Crippen LogP contribution in [0, 0.1) is 0 Å². The van der Waals surface area contributed by atoms with Crippen LogP contribution in [0.15, 0.2) is 54.6 Å². The molecule has 4 rings (SSSR count). The Morgan fingerprint density at radius 2 is 1.70 bits per heavy atom. The lowest BCUT2D eigenvalue weighted by Crippen LogP contribution is -1.94. The molecule has 0 unspecified atom stereocenters. The Balaban J connectivity index is 2.08. The van der Waals surface area contributed by atoms with E-state index in [9.17, 15) is 4.79 Å². The number of benzene rings is 3. The average Bonchev–Trinajstić information content (AvgIpc) is 2.91. The highest BCUT2D eigenvalue weighted by Gasteiger charge is 2.19. The normalized spacial score (nSPS) is 13.6. The summed E-state index contributed by atoms with van der Waals surface area (Å²) in [5, 5.41) is 5.09. The van der Waals surface area contributed by atoms with E-state index in [4.69, 9.17) is 0 Å². The number of Topliss-reactive ketones (excluding diaryl/α,β-unsaturated/α-hetero) is 1. The molecule has 1 aliphatic carbocycles. The third kappa shape index (κ3) is 1.47. The topological polar surface area (TPSA) is 17.1 Å². The van der Waals surface area contributed by atoms with Crippen molar-refractivity contribution in [2.24, 2.45) is 0 Å². The summed E-state index contributed by atoms with van der Waals surface area (Å²) in [5.74, 6) is 0.156. The third-order valence-electron chi connectivity index (χ3n) is 4.22. The van der Waals surface area contributed by atoms with Crippen LogP contribution >= 0.6 is 0 Å². The Morgan fingerprint density at radius 1 is 0.900 bits per heavy atom. The zero-order valence-electron chi connectivity index (χ0n) is 11.3. The van der Waals surface area contributed by atoms with Gasteiger partial charge in [0.2, 0.25) is 0 Å². The predicted octanol–water partition coefficient (Wildman–Crippen LogP) is 4.52. The van der Waals surface area contributed by atoms with E-state index in [0.29, 0.717) is 0 Å². The minimum Gasteiger partial charge on any atom is -0.295 e. The minimum atomic E-state index is 0.156. The molecule has 0 atom stereocenters. The Bertz CT molecular complexity index is 900. The molecule has 0 bridgehead atoms. The second-order valence-corrected chi connectivity index (χ2v) is 5.35. The molecule has 3 aromatic rings. The van der Waals surface area contributed by atoms with Gasteiger partial charge in [-0.25, -0.2) is 0 Å². The van der Waals surface area contributed by atoms with Crippen LogP contribution in [0.25, 0.3) is 27.1 Å². The average molecular weight is 258 g/mol. The molecule has 0 fully saturated rings. The first-order chi connectivity index (χ1) is 9.75. The van der Waals surface area contributed by atoms with Crippen molar-refractivity contribution in [2.45, 2.75) is 13.3 Å². The lowest BCUT2D eigenvalue weighted by molar-refractivity contribution is -0.111. The Morgan fingerprint density at radius 3 is 2.55 bits per heavy atom. The van der Waals surface area contributed by atoms with Gasteiger partial charge in [-0.3, -0.25) is 4.79 Å². The monoisotopic (exact) mass is 258 g/mol. The second kappa shape index (κ2) is 4.04. The van der Waals surface area contributed by atoms with Gasteiger partial charge < -0.3 is 0 Å². The van der Waals surface area contributed by atoms with Gasteiger partial charge in [-0.05, 0) is 46.0 Å². The van der Waals surface area contributed by atoms with Gasteiger partial charge in [0.25, 0.3) is 0 Å². The summed E-state index contributed by atoms with van der Waals surface area (Å²) in [7, 11) is 0. The summed E-state index contributed by atoms with van der Waals surface area (Å²) >= 11 is 0. The smallest absolute Gasteiger partial charge is 0.160 e. The van der Waals surface area contributed by atoms with Crippen LogP contribution in [-0.2, 0) is 11.2 Å². The van der Waals surface area contributed by atoms with Gasteiger partial charge in [0.1, 0.15) is 0 Å². The van der Waals surface area contributed by atoms with E-state index in [0.717, 1.165) is 17.6 Å². The first-order valence-corrected chi connectivity index (χ1v) is 6.90. The van der Waals surface area contributed by atoms with Crippen molar-refractivity contribution in [3.05, 3.63) is 65.7 Å². The molecule has 3 aromatic carbocycles. The highest BCUT2D eigenvalue weighted by molar-refractivity contribution is 6.22. The summed E-state index contributed by atoms with van der Waals surface area (Å²) in [6.45, 7) is 1.64. The summed E-state index contributed by atoms with van der Waals surface area (Å²) < 4.78 is 0. The van der Waals surface area contributed by atoms with Gasteiger partial charge in [-0.2, -0.15) is 0 Å². The molecule has 0 amide bonds. The maximum atomic E-state index is 11.7. The van der Waals surface area contributed by atoms with E-state index in [-0.39, 0.29) is 5.78 Å². The number of carbonyl (C=O) groups excluding carboxylic acids is 1. The first-order valence-electron chi connectivity index (χ1n) is 6.90. The molecular formula is C19H14O. The molecule has 96 valence electrons. The van der Waals surface area contributed by atoms with Gasteiger partial charge in [-0.1, -0.05) is 54.6 Å². The van der Waals surface area contributed by atoms with Crippen LogP contribution in [0.4, 0.5) is 0 Å². The fraction of sp³-hybridized carbons (Fsp3) is 0.105. The SMILES string of the molecule is CC(=O)C1=CCc2c1ccc1c2ccc2ccccc21. The maximum absolute atomic E-state index is 11.7. The van der Waals surface area contributed by atoms with Crippen LogP contribution in [0.1, 0.15) is 18.1 Å². The van der Waals surface area contributed by atoms with E-state index in [2.05, 4.69) is 54.6 Å². The van der Waals surface area contributed by atoms with Crippen molar-refractivity contribution in [3.8, 4) is 0 Å². The van der Waals surface area contributed by atoms with Crippen molar-refractivity contribution in [1.82, 2.24) is 0 Å². The van der Waals surface area contributed by atoms with Crippen molar-refractivity contribution >= 4 is 32.9 Å². The number of ketones is 1. The molecule has 1 aliphatic rings. The molecule has 20 heavy (non-hydrogen) atoms. The molecule has 0 aliphatic heterocycles. The number of hydrogen-bond donors (Lipinski definition) is 0. The summed E-state index contributed by atoms with van der Waals surface area (Å²) in [6, 6.07) is 17.1. The molecule has 1 nitrogen and oxygen atoms in total. The third-order valence-corrected chi connectivity index (χ3v) is 4.22. The van der Waals surface area contributed by atoms with Gasteiger partial charge in [0.15, 0.2) is 5.78 Å². The van der Waals surface area contributed by atoms with Crippen molar-refractivity contribution in [3.63, 3.8) is 0 Å². The molecule has 0 aromatic heterocycles. The van der Waals surface area contributed by atoms with Gasteiger partial charge in [0, 0.05) is 5.57 Å². The summed E-state index contributed by atoms with van der Waals surface area (Å²) in [6.07, 6.45) is 2.92. The van der Waals surface area contributed by atoms with E-state index >= 15 is 0 Å². The van der Waals surface area contributed by atoms with Crippen LogP contribution in [0.2, 0.25) is 0 Å². The standard InChI is InChI=1S/C19H14O/c1-12(20)14-8-9-19-16(14)10-11-17-15-5-3-2-4-13(15)6-7-18(17)19/h2-8,10-11H,9H2,1H3. The van der Waals surface area contributed by atoms with Gasteiger partial charge in [0.05, 0.1) is 0 Å². The number of allylic oxidation sites excluding steroid dienone is 2. The largest absolute Gasteiger partial charge is 0.295 e. The highest BCUT2D eigenvalue weighted by atomic mass is 16.1. The lowest BCUT2D eigenvalue weighted by Gasteiger charge is -2.10. The van der Waals surface area contributed by atoms with Crippen LogP contribution in [0.5, 0.6) is 0 Å². The van der Waals surface area contributed by atoms with E-state index in [1.54, 1.807) is 6.92 Å². The van der Waals surface area contributed by atoms with Crippen molar-refractivity contribution in [1.29, 1.82) is 0 Å².